The first-order valence-electron chi connectivity index (χ1n) is 8.97. The van der Waals surface area contributed by atoms with Crippen molar-refractivity contribution in [3.05, 3.63) is 35.9 Å². The zero-order chi connectivity index (χ0) is 19.3. The van der Waals surface area contributed by atoms with E-state index in [-0.39, 0.29) is 5.78 Å². The fourth-order valence-corrected chi connectivity index (χ4v) is 3.38. The summed E-state index contributed by atoms with van der Waals surface area (Å²) in [6, 6.07) is 8.54. The van der Waals surface area contributed by atoms with E-state index in [1.165, 1.54) is 0 Å². The second-order valence-corrected chi connectivity index (χ2v) is 7.77. The Morgan fingerprint density at radius 3 is 2.35 bits per heavy atom. The van der Waals surface area contributed by atoms with Gasteiger partial charge >= 0.3 is 12.1 Å². The van der Waals surface area contributed by atoms with Crippen molar-refractivity contribution in [3.63, 3.8) is 0 Å². The van der Waals surface area contributed by atoms with Crippen LogP contribution < -0.4 is 5.32 Å². The summed E-state index contributed by atoms with van der Waals surface area (Å²) >= 11 is 0. The number of ether oxygens (including phenoxy) is 1. The molecule has 1 aliphatic rings. The molecule has 2 rings (SSSR count). The number of benzene rings is 1. The minimum absolute atomic E-state index is 0.232. The van der Waals surface area contributed by atoms with Gasteiger partial charge in [-0.3, -0.25) is 9.59 Å². The Kier molecular flexibility index (Phi) is 6.40. The number of carbonyl (C=O) groups is 3. The lowest BCUT2D eigenvalue weighted by Gasteiger charge is -2.25. The normalized spacial score (nSPS) is 21.0. The number of Topliss-reactive ketones (excluding diaryl/α,β-unsaturated/α-hetero) is 1. The van der Waals surface area contributed by atoms with Gasteiger partial charge in [-0.15, -0.1) is 0 Å². The van der Waals surface area contributed by atoms with Gasteiger partial charge in [0.15, 0.2) is 5.78 Å². The van der Waals surface area contributed by atoms with Gasteiger partial charge in [0, 0.05) is 5.92 Å². The number of carboxylic acid groups (broad SMARTS) is 1. The first-order valence-corrected chi connectivity index (χ1v) is 8.97. The van der Waals surface area contributed by atoms with Crippen LogP contribution in [0.25, 0.3) is 0 Å². The molecule has 142 valence electrons. The monoisotopic (exact) mass is 361 g/mol. The summed E-state index contributed by atoms with van der Waals surface area (Å²) in [5.41, 5.74) is 0.216. The molecule has 0 aliphatic heterocycles. The average molecular weight is 361 g/mol. The molecule has 1 amide bonds. The molecule has 3 atom stereocenters. The van der Waals surface area contributed by atoms with Crippen LogP contribution in [0.5, 0.6) is 0 Å². The van der Waals surface area contributed by atoms with Crippen molar-refractivity contribution in [2.24, 2.45) is 11.8 Å². The van der Waals surface area contributed by atoms with Crippen LogP contribution in [0.15, 0.2) is 30.3 Å². The van der Waals surface area contributed by atoms with Crippen LogP contribution in [0.3, 0.4) is 0 Å². The molecule has 26 heavy (non-hydrogen) atoms. The Balaban J connectivity index is 2.17. The Morgan fingerprint density at radius 2 is 1.77 bits per heavy atom. The second-order valence-electron chi connectivity index (χ2n) is 7.77. The van der Waals surface area contributed by atoms with E-state index in [0.717, 1.165) is 5.56 Å². The Hall–Kier alpha value is -2.37. The molecule has 0 aromatic heterocycles. The van der Waals surface area contributed by atoms with Crippen LogP contribution in [0.4, 0.5) is 4.79 Å². The average Bonchev–Trinajstić information content (AvgIpc) is 3.02. The maximum Gasteiger partial charge on any atom is 0.408 e. The molecule has 0 heterocycles. The standard InChI is InChI=1S/C20H27NO5/c1-20(2,3)26-19(25)21-16(12-13-8-5-4-6-9-13)17(22)14-10-7-11-15(14)18(23)24/h4-6,8-9,14-16H,7,10-12H2,1-3H3,(H,21,25)(H,23,24)/t14-,15-,16+/m1/s1. The predicted molar refractivity (Wildman–Crippen MR) is 96.8 cm³/mol. The van der Waals surface area contributed by atoms with E-state index in [1.54, 1.807) is 20.8 Å². The van der Waals surface area contributed by atoms with E-state index in [0.29, 0.717) is 25.7 Å². The number of ketones is 1. The van der Waals surface area contributed by atoms with Crippen LogP contribution in [-0.4, -0.2) is 34.6 Å². The SMILES string of the molecule is CC(C)(C)OC(=O)N[C@@H](Cc1ccccc1)C(=O)[C@@H]1CCC[C@H]1C(=O)O. The van der Waals surface area contributed by atoms with Crippen LogP contribution in [-0.2, 0) is 20.7 Å². The van der Waals surface area contributed by atoms with E-state index >= 15 is 0 Å². The van der Waals surface area contributed by atoms with Crippen LogP contribution in [0.1, 0.15) is 45.6 Å². The van der Waals surface area contributed by atoms with Crippen molar-refractivity contribution in [1.82, 2.24) is 5.32 Å². The number of aliphatic carboxylic acids is 1. The molecular weight excluding hydrogens is 334 g/mol. The number of hydrogen-bond donors (Lipinski definition) is 2. The minimum Gasteiger partial charge on any atom is -0.481 e. The zero-order valence-corrected chi connectivity index (χ0v) is 15.5. The molecule has 6 nitrogen and oxygen atoms in total. The third-order valence-corrected chi connectivity index (χ3v) is 4.52. The molecular formula is C20H27NO5. The molecule has 0 unspecified atom stereocenters. The summed E-state index contributed by atoms with van der Waals surface area (Å²) in [5, 5.41) is 12.0. The maximum absolute atomic E-state index is 13.0. The van der Waals surface area contributed by atoms with Gasteiger partial charge in [-0.05, 0) is 45.6 Å². The lowest BCUT2D eigenvalue weighted by atomic mass is 9.86. The van der Waals surface area contributed by atoms with E-state index in [4.69, 9.17) is 4.74 Å². The number of carbonyl (C=O) groups excluding carboxylic acids is 2. The highest BCUT2D eigenvalue weighted by Gasteiger charge is 2.41. The molecule has 1 saturated carbocycles. The molecule has 1 aromatic carbocycles. The van der Waals surface area contributed by atoms with Gasteiger partial charge in [0.2, 0.25) is 0 Å². The van der Waals surface area contributed by atoms with Gasteiger partial charge in [-0.25, -0.2) is 4.79 Å². The molecule has 1 aromatic rings. The van der Waals surface area contributed by atoms with Crippen molar-refractivity contribution in [3.8, 4) is 0 Å². The topological polar surface area (TPSA) is 92.7 Å². The van der Waals surface area contributed by atoms with Crippen molar-refractivity contribution in [2.75, 3.05) is 0 Å². The summed E-state index contributed by atoms with van der Waals surface area (Å²) < 4.78 is 5.27. The number of rotatable bonds is 6. The van der Waals surface area contributed by atoms with E-state index in [2.05, 4.69) is 5.32 Å². The van der Waals surface area contributed by atoms with Crippen molar-refractivity contribution in [2.45, 2.75) is 58.1 Å². The van der Waals surface area contributed by atoms with Crippen LogP contribution in [0, 0.1) is 11.8 Å². The molecule has 0 spiro atoms. The molecule has 1 aliphatic carbocycles. The van der Waals surface area contributed by atoms with Crippen LogP contribution in [0.2, 0.25) is 0 Å². The smallest absolute Gasteiger partial charge is 0.408 e. The number of carboxylic acids is 1. The van der Waals surface area contributed by atoms with Crippen molar-refractivity contribution >= 4 is 17.8 Å². The van der Waals surface area contributed by atoms with Gasteiger partial charge < -0.3 is 15.2 Å². The van der Waals surface area contributed by atoms with E-state index in [1.807, 2.05) is 30.3 Å². The zero-order valence-electron chi connectivity index (χ0n) is 15.5. The highest BCUT2D eigenvalue weighted by molar-refractivity contribution is 5.92. The lowest BCUT2D eigenvalue weighted by molar-refractivity contribution is -0.146. The molecule has 2 N–H and O–H groups in total. The number of nitrogens with one attached hydrogen (secondary N) is 1. The fourth-order valence-electron chi connectivity index (χ4n) is 3.38. The number of hydrogen-bond acceptors (Lipinski definition) is 4. The minimum atomic E-state index is -0.948. The molecule has 0 radical (unpaired) electrons. The first kappa shape index (κ1) is 19.9. The Bertz CT molecular complexity index is 650. The third-order valence-electron chi connectivity index (χ3n) is 4.52. The molecule has 1 fully saturated rings. The van der Waals surface area contributed by atoms with E-state index < -0.39 is 35.5 Å². The summed E-state index contributed by atoms with van der Waals surface area (Å²) in [4.78, 5) is 36.7. The quantitative estimate of drug-likeness (QED) is 0.812. The van der Waals surface area contributed by atoms with Gasteiger partial charge in [-0.2, -0.15) is 0 Å². The van der Waals surface area contributed by atoms with Crippen LogP contribution >= 0.6 is 0 Å². The second kappa shape index (κ2) is 8.34. The summed E-state index contributed by atoms with van der Waals surface area (Å²) in [6.07, 6.45) is 1.38. The van der Waals surface area contributed by atoms with Gasteiger partial charge in [-0.1, -0.05) is 36.8 Å². The first-order chi connectivity index (χ1) is 12.2. The van der Waals surface area contributed by atoms with E-state index in [9.17, 15) is 19.5 Å². The maximum atomic E-state index is 13.0. The largest absolute Gasteiger partial charge is 0.481 e. The summed E-state index contributed by atoms with van der Waals surface area (Å²) in [6.45, 7) is 5.24. The lowest BCUT2D eigenvalue weighted by Crippen LogP contribution is -2.48. The fraction of sp³-hybridized carbons (Fsp3) is 0.550. The molecule has 6 heteroatoms. The highest BCUT2D eigenvalue weighted by atomic mass is 16.6. The highest BCUT2D eigenvalue weighted by Crippen LogP contribution is 2.33. The molecule has 0 saturated heterocycles. The van der Waals surface area contributed by atoms with Gasteiger partial charge in [0.05, 0.1) is 12.0 Å². The number of amides is 1. The molecule has 0 bridgehead atoms. The third kappa shape index (κ3) is 5.58. The predicted octanol–water partition coefficient (Wildman–Crippen LogP) is 3.19. The van der Waals surface area contributed by atoms with Crippen molar-refractivity contribution in [1.29, 1.82) is 0 Å². The van der Waals surface area contributed by atoms with Gasteiger partial charge in [0.25, 0.3) is 0 Å². The summed E-state index contributed by atoms with van der Waals surface area (Å²) in [5.74, 6) is -2.43. The Morgan fingerprint density at radius 1 is 1.15 bits per heavy atom. The number of alkyl carbamates (subject to hydrolysis) is 1. The van der Waals surface area contributed by atoms with Crippen molar-refractivity contribution < 1.29 is 24.2 Å². The summed E-state index contributed by atoms with van der Waals surface area (Å²) in [7, 11) is 0. The van der Waals surface area contributed by atoms with Gasteiger partial charge in [0.1, 0.15) is 5.60 Å². The Labute approximate surface area is 153 Å².